The molecule has 1 saturated carbocycles. The minimum absolute atomic E-state index is 0.0192. The van der Waals surface area contributed by atoms with Crippen LogP contribution >= 0.6 is 11.6 Å². The Hall–Kier alpha value is -4.50. The summed E-state index contributed by atoms with van der Waals surface area (Å²) in [5.41, 5.74) is 2.35. The van der Waals surface area contributed by atoms with Gasteiger partial charge in [0.1, 0.15) is 12.4 Å². The second kappa shape index (κ2) is 9.91. The minimum atomic E-state index is -0.574. The molecule has 1 heterocycles. The van der Waals surface area contributed by atoms with Crippen molar-refractivity contribution >= 4 is 40.8 Å². The minimum Gasteiger partial charge on any atom is -0.457 e. The first-order valence-corrected chi connectivity index (χ1v) is 13.1. The molecule has 0 N–H and O–H groups in total. The number of carbonyl (C=O) groups is 3. The Morgan fingerprint density at radius 2 is 1.73 bits per heavy atom. The van der Waals surface area contributed by atoms with E-state index in [0.29, 0.717) is 17.0 Å². The summed E-state index contributed by atoms with van der Waals surface area (Å²) in [5.74, 6) is -0.937. The normalized spacial score (nSPS) is 22.8. The summed E-state index contributed by atoms with van der Waals surface area (Å²) < 4.78 is 11.0. The number of imide groups is 1. The van der Waals surface area contributed by atoms with Crippen LogP contribution in [-0.2, 0) is 20.9 Å². The third-order valence-electron chi connectivity index (χ3n) is 7.90. The van der Waals surface area contributed by atoms with E-state index >= 15 is 0 Å². The fourth-order valence-electron chi connectivity index (χ4n) is 6.02. The van der Waals surface area contributed by atoms with Crippen molar-refractivity contribution in [1.82, 2.24) is 0 Å². The van der Waals surface area contributed by atoms with Crippen LogP contribution in [-0.4, -0.2) is 22.7 Å². The maximum absolute atomic E-state index is 13.1. The van der Waals surface area contributed by atoms with Gasteiger partial charge < -0.3 is 9.47 Å². The van der Waals surface area contributed by atoms with Crippen molar-refractivity contribution < 1.29 is 28.8 Å². The van der Waals surface area contributed by atoms with Gasteiger partial charge in [-0.25, -0.2) is 4.79 Å². The highest BCUT2D eigenvalue weighted by atomic mass is 35.5. The molecule has 4 atom stereocenters. The Kier molecular flexibility index (Phi) is 6.38. The van der Waals surface area contributed by atoms with E-state index in [1.54, 1.807) is 36.4 Å². The van der Waals surface area contributed by atoms with Crippen LogP contribution < -0.4 is 9.64 Å². The number of carbonyl (C=O) groups excluding carboxylic acids is 3. The Morgan fingerprint density at radius 3 is 2.42 bits per heavy atom. The van der Waals surface area contributed by atoms with E-state index in [0.717, 1.165) is 6.42 Å². The van der Waals surface area contributed by atoms with Gasteiger partial charge >= 0.3 is 11.7 Å². The summed E-state index contributed by atoms with van der Waals surface area (Å²) in [4.78, 5) is 50.8. The Morgan fingerprint density at radius 1 is 1.02 bits per heavy atom. The molecule has 0 spiro atoms. The molecular weight excluding hydrogens is 536 g/mol. The molecule has 10 heteroatoms. The molecule has 3 aliphatic rings. The van der Waals surface area contributed by atoms with E-state index in [-0.39, 0.29) is 64.1 Å². The number of para-hydroxylation sites is 1. The van der Waals surface area contributed by atoms with Gasteiger partial charge in [0.2, 0.25) is 17.6 Å². The Labute approximate surface area is 234 Å². The first-order chi connectivity index (χ1) is 19.2. The van der Waals surface area contributed by atoms with Crippen LogP contribution in [0, 0.1) is 33.8 Å². The van der Waals surface area contributed by atoms with Crippen molar-refractivity contribution in [2.24, 2.45) is 23.7 Å². The van der Waals surface area contributed by atoms with Crippen molar-refractivity contribution in [2.45, 2.75) is 20.0 Å². The number of allylic oxidation sites excluding steroid dienone is 2. The van der Waals surface area contributed by atoms with E-state index in [1.807, 2.05) is 6.92 Å². The SMILES string of the molecule is CC1=C[C@H]2C[C@@H]1[C@@H]1C(=O)N(c3ccc(C(=O)OCc4ccc(Oc5c(Cl)cccc5[N+](=O)[O-])cc4)cc3)C(=O)[C@H]12. The van der Waals surface area contributed by atoms with Crippen LogP contribution in [0.2, 0.25) is 5.02 Å². The molecule has 1 saturated heterocycles. The third-order valence-corrected chi connectivity index (χ3v) is 8.20. The number of hydrogen-bond acceptors (Lipinski definition) is 7. The molecule has 9 nitrogen and oxygen atoms in total. The van der Waals surface area contributed by atoms with Crippen LogP contribution in [0.15, 0.2) is 78.4 Å². The maximum Gasteiger partial charge on any atom is 0.338 e. The van der Waals surface area contributed by atoms with Gasteiger partial charge in [0.05, 0.1) is 33.0 Å². The number of halogens is 1. The average molecular weight is 559 g/mol. The standard InChI is InChI=1S/C30H23ClN2O7/c1-16-13-19-14-22(16)26-25(19)28(34)32(29(26)35)20-9-7-18(8-10-20)30(36)39-15-17-5-11-21(12-6-17)40-27-23(31)3-2-4-24(27)33(37)38/h2-13,19,22,25-26H,14-15H2,1H3/t19-,22-,25-,26-/m0/s1. The molecule has 2 fully saturated rings. The molecule has 2 bridgehead atoms. The first-order valence-electron chi connectivity index (χ1n) is 12.8. The molecule has 0 unspecified atom stereocenters. The van der Waals surface area contributed by atoms with Gasteiger partial charge in [-0.15, -0.1) is 0 Å². The Balaban J connectivity index is 1.07. The number of nitro benzene ring substituents is 1. The maximum atomic E-state index is 13.1. The molecule has 0 aromatic heterocycles. The summed E-state index contributed by atoms with van der Waals surface area (Å²) in [7, 11) is 0. The zero-order chi connectivity index (χ0) is 28.1. The van der Waals surface area contributed by atoms with E-state index in [1.165, 1.54) is 40.8 Å². The number of anilines is 1. The van der Waals surface area contributed by atoms with Crippen molar-refractivity contribution in [3.63, 3.8) is 0 Å². The van der Waals surface area contributed by atoms with Crippen LogP contribution in [0.3, 0.4) is 0 Å². The smallest absolute Gasteiger partial charge is 0.338 e. The number of benzene rings is 3. The summed E-state index contributed by atoms with van der Waals surface area (Å²) in [5, 5.41) is 11.4. The molecule has 2 aliphatic carbocycles. The fourth-order valence-corrected chi connectivity index (χ4v) is 6.23. The highest BCUT2D eigenvalue weighted by Crippen LogP contribution is 2.55. The number of ether oxygens (including phenoxy) is 2. The predicted molar refractivity (Wildman–Crippen MR) is 145 cm³/mol. The molecule has 6 rings (SSSR count). The molecule has 0 radical (unpaired) electrons. The van der Waals surface area contributed by atoms with E-state index in [4.69, 9.17) is 21.1 Å². The van der Waals surface area contributed by atoms with E-state index in [9.17, 15) is 24.5 Å². The third kappa shape index (κ3) is 4.32. The number of hydrogen-bond donors (Lipinski definition) is 0. The molecule has 202 valence electrons. The van der Waals surface area contributed by atoms with Gasteiger partial charge in [-0.05, 0) is 73.2 Å². The highest BCUT2D eigenvalue weighted by molar-refractivity contribution is 6.32. The fraction of sp³-hybridized carbons (Fsp3) is 0.233. The molecular formula is C30H23ClN2O7. The number of esters is 1. The number of rotatable bonds is 7. The second-order valence-electron chi connectivity index (χ2n) is 10.2. The van der Waals surface area contributed by atoms with Crippen molar-refractivity contribution in [2.75, 3.05) is 4.90 Å². The number of amides is 2. The van der Waals surface area contributed by atoms with E-state index in [2.05, 4.69) is 6.08 Å². The number of nitrogens with zero attached hydrogens (tertiary/aromatic N) is 2. The lowest BCUT2D eigenvalue weighted by molar-refractivity contribution is -0.385. The van der Waals surface area contributed by atoms with Gasteiger partial charge in [-0.1, -0.05) is 41.4 Å². The highest BCUT2D eigenvalue weighted by Gasteiger charge is 2.60. The summed E-state index contributed by atoms with van der Waals surface area (Å²) in [6.07, 6.45) is 3.00. The average Bonchev–Trinajstić information content (AvgIpc) is 3.59. The van der Waals surface area contributed by atoms with E-state index < -0.39 is 10.9 Å². The van der Waals surface area contributed by atoms with Gasteiger partial charge in [0.25, 0.3) is 0 Å². The number of fused-ring (bicyclic) bond motifs is 5. The number of nitro groups is 1. The van der Waals surface area contributed by atoms with Crippen molar-refractivity contribution in [1.29, 1.82) is 0 Å². The summed E-state index contributed by atoms with van der Waals surface area (Å²) in [6, 6.07) is 17.0. The topological polar surface area (TPSA) is 116 Å². The van der Waals surface area contributed by atoms with Crippen molar-refractivity contribution in [3.8, 4) is 11.5 Å². The van der Waals surface area contributed by atoms with Crippen LogP contribution in [0.25, 0.3) is 0 Å². The van der Waals surface area contributed by atoms with Crippen LogP contribution in [0.4, 0.5) is 11.4 Å². The lowest BCUT2D eigenvalue weighted by atomic mass is 9.82. The van der Waals surface area contributed by atoms with Crippen LogP contribution in [0.5, 0.6) is 11.5 Å². The first kappa shape index (κ1) is 25.8. The molecule has 3 aromatic carbocycles. The molecule has 1 aliphatic heterocycles. The van der Waals surface area contributed by atoms with Gasteiger partial charge in [0, 0.05) is 6.07 Å². The largest absolute Gasteiger partial charge is 0.457 e. The molecule has 3 aromatic rings. The Bertz CT molecular complexity index is 1580. The zero-order valence-corrected chi connectivity index (χ0v) is 22.0. The molecule has 2 amide bonds. The summed E-state index contributed by atoms with van der Waals surface area (Å²) >= 11 is 6.07. The monoisotopic (exact) mass is 558 g/mol. The van der Waals surface area contributed by atoms with Gasteiger partial charge in [-0.3, -0.25) is 24.6 Å². The van der Waals surface area contributed by atoms with Crippen LogP contribution in [0.1, 0.15) is 29.3 Å². The van der Waals surface area contributed by atoms with Gasteiger partial charge in [0.15, 0.2) is 0 Å². The van der Waals surface area contributed by atoms with Crippen molar-refractivity contribution in [3.05, 3.63) is 105 Å². The zero-order valence-electron chi connectivity index (χ0n) is 21.3. The quantitative estimate of drug-likeness (QED) is 0.113. The lowest BCUT2D eigenvalue weighted by Crippen LogP contribution is -2.32. The molecule has 40 heavy (non-hydrogen) atoms. The summed E-state index contributed by atoms with van der Waals surface area (Å²) in [6.45, 7) is 2.01. The predicted octanol–water partition coefficient (Wildman–Crippen LogP) is 6.10. The lowest BCUT2D eigenvalue weighted by Gasteiger charge is -2.19. The van der Waals surface area contributed by atoms with Gasteiger partial charge in [-0.2, -0.15) is 0 Å². The second-order valence-corrected chi connectivity index (χ2v) is 10.6.